The van der Waals surface area contributed by atoms with E-state index < -0.39 is 0 Å². The minimum Gasteiger partial charge on any atom is -0.346 e. The first kappa shape index (κ1) is 16.4. The number of likely N-dealkylation sites (tertiary alicyclic amines) is 1. The second kappa shape index (κ2) is 6.99. The van der Waals surface area contributed by atoms with Gasteiger partial charge in [-0.3, -0.25) is 9.59 Å². The highest BCUT2D eigenvalue weighted by Gasteiger charge is 2.35. The molecule has 1 saturated carbocycles. The number of carbonyl (C=O) groups is 2. The molecule has 0 radical (unpaired) electrons. The van der Waals surface area contributed by atoms with Gasteiger partial charge in [-0.25, -0.2) is 4.98 Å². The third-order valence-electron chi connectivity index (χ3n) is 4.87. The lowest BCUT2D eigenvalue weighted by Gasteiger charge is -2.27. The minimum atomic E-state index is -0.0892. The number of thiazole rings is 1. The SMILES string of the molecule is Cc1nc(C)c(C(=O)NC2CC(=O)N(C3CCCCCC3)C2)s1. The monoisotopic (exact) mass is 335 g/mol. The molecular formula is C17H25N3O2S. The van der Waals surface area contributed by atoms with Gasteiger partial charge in [0.1, 0.15) is 4.88 Å². The number of rotatable bonds is 3. The molecule has 0 bridgehead atoms. The Balaban J connectivity index is 1.61. The van der Waals surface area contributed by atoms with Crippen molar-refractivity contribution in [1.82, 2.24) is 15.2 Å². The highest BCUT2D eigenvalue weighted by molar-refractivity contribution is 7.13. The summed E-state index contributed by atoms with van der Waals surface area (Å²) in [5.41, 5.74) is 0.773. The van der Waals surface area contributed by atoms with Crippen molar-refractivity contribution in [2.75, 3.05) is 6.54 Å². The van der Waals surface area contributed by atoms with E-state index in [2.05, 4.69) is 10.3 Å². The number of nitrogens with zero attached hydrogens (tertiary/aromatic N) is 2. The molecule has 2 aliphatic rings. The van der Waals surface area contributed by atoms with Crippen LogP contribution in [0.1, 0.15) is 65.3 Å². The van der Waals surface area contributed by atoms with E-state index in [1.807, 2.05) is 18.7 Å². The lowest BCUT2D eigenvalue weighted by molar-refractivity contribution is -0.129. The average Bonchev–Trinajstić information content (AvgIpc) is 2.90. The molecule has 1 unspecified atom stereocenters. The van der Waals surface area contributed by atoms with Crippen LogP contribution in [0.15, 0.2) is 0 Å². The molecule has 1 aliphatic carbocycles. The van der Waals surface area contributed by atoms with Crippen LogP contribution >= 0.6 is 11.3 Å². The van der Waals surface area contributed by atoms with E-state index in [9.17, 15) is 9.59 Å². The van der Waals surface area contributed by atoms with Crippen molar-refractivity contribution in [2.24, 2.45) is 0 Å². The number of aromatic nitrogens is 1. The summed E-state index contributed by atoms with van der Waals surface area (Å²) >= 11 is 1.42. The Bertz CT molecular complexity index is 591. The van der Waals surface area contributed by atoms with Gasteiger partial charge >= 0.3 is 0 Å². The molecule has 1 atom stereocenters. The zero-order valence-electron chi connectivity index (χ0n) is 13.9. The smallest absolute Gasteiger partial charge is 0.263 e. The number of carbonyl (C=O) groups excluding carboxylic acids is 2. The first-order valence-corrected chi connectivity index (χ1v) is 9.40. The summed E-state index contributed by atoms with van der Waals surface area (Å²) < 4.78 is 0. The van der Waals surface area contributed by atoms with E-state index in [0.717, 1.165) is 23.5 Å². The molecule has 0 spiro atoms. The van der Waals surface area contributed by atoms with Crippen LogP contribution < -0.4 is 5.32 Å². The van der Waals surface area contributed by atoms with Crippen LogP contribution in [0.4, 0.5) is 0 Å². The highest BCUT2D eigenvalue weighted by atomic mass is 32.1. The van der Waals surface area contributed by atoms with Crippen molar-refractivity contribution in [2.45, 2.75) is 70.9 Å². The Morgan fingerprint density at radius 1 is 1.22 bits per heavy atom. The van der Waals surface area contributed by atoms with Crippen LogP contribution in [0, 0.1) is 13.8 Å². The van der Waals surface area contributed by atoms with Crippen molar-refractivity contribution in [1.29, 1.82) is 0 Å². The number of aryl methyl sites for hydroxylation is 2. The molecule has 0 aromatic carbocycles. The second-order valence-corrected chi connectivity index (χ2v) is 7.92. The van der Waals surface area contributed by atoms with Gasteiger partial charge in [-0.2, -0.15) is 0 Å². The average molecular weight is 335 g/mol. The molecule has 6 heteroatoms. The fraction of sp³-hybridized carbons (Fsp3) is 0.706. The van der Waals surface area contributed by atoms with Gasteiger partial charge in [0.2, 0.25) is 5.91 Å². The lowest BCUT2D eigenvalue weighted by atomic mass is 10.1. The standard InChI is InChI=1S/C17H25N3O2S/c1-11-16(23-12(2)18-11)17(22)19-13-9-15(21)20(10-13)14-7-5-3-4-6-8-14/h13-14H,3-10H2,1-2H3,(H,19,22). The molecule has 1 aromatic rings. The van der Waals surface area contributed by atoms with Crippen LogP contribution in [0.25, 0.3) is 0 Å². The van der Waals surface area contributed by atoms with Crippen molar-refractivity contribution >= 4 is 23.2 Å². The summed E-state index contributed by atoms with van der Waals surface area (Å²) in [5, 5.41) is 3.93. The Kier molecular flexibility index (Phi) is 4.99. The molecule has 1 aliphatic heterocycles. The predicted molar refractivity (Wildman–Crippen MR) is 90.7 cm³/mol. The van der Waals surface area contributed by atoms with Crippen molar-refractivity contribution < 1.29 is 9.59 Å². The van der Waals surface area contributed by atoms with Crippen LogP contribution in [0.2, 0.25) is 0 Å². The molecule has 1 N–H and O–H groups in total. The largest absolute Gasteiger partial charge is 0.346 e. The van der Waals surface area contributed by atoms with Crippen molar-refractivity contribution in [3.63, 3.8) is 0 Å². The topological polar surface area (TPSA) is 62.3 Å². The summed E-state index contributed by atoms with van der Waals surface area (Å²) in [5.74, 6) is 0.105. The van der Waals surface area contributed by atoms with E-state index in [4.69, 9.17) is 0 Å². The van der Waals surface area contributed by atoms with Crippen LogP contribution in [-0.2, 0) is 4.79 Å². The predicted octanol–water partition coefficient (Wildman–Crippen LogP) is 2.81. The molecule has 5 nitrogen and oxygen atoms in total. The minimum absolute atomic E-state index is 0.0694. The number of nitrogens with one attached hydrogen (secondary N) is 1. The lowest BCUT2D eigenvalue weighted by Crippen LogP contribution is -2.40. The van der Waals surface area contributed by atoms with Gasteiger partial charge in [-0.05, 0) is 26.7 Å². The molecule has 1 aromatic heterocycles. The van der Waals surface area contributed by atoms with E-state index in [-0.39, 0.29) is 17.9 Å². The maximum Gasteiger partial charge on any atom is 0.263 e. The summed E-state index contributed by atoms with van der Waals surface area (Å²) in [7, 11) is 0. The third kappa shape index (κ3) is 3.74. The third-order valence-corrected chi connectivity index (χ3v) is 5.94. The summed E-state index contributed by atoms with van der Waals surface area (Å²) in [6.07, 6.45) is 7.64. The van der Waals surface area contributed by atoms with Gasteiger partial charge in [-0.1, -0.05) is 25.7 Å². The first-order chi connectivity index (χ1) is 11.0. The quantitative estimate of drug-likeness (QED) is 0.864. The van der Waals surface area contributed by atoms with Crippen LogP contribution in [0.5, 0.6) is 0 Å². The fourth-order valence-corrected chi connectivity index (χ4v) is 4.57. The number of amides is 2. The number of hydrogen-bond donors (Lipinski definition) is 1. The first-order valence-electron chi connectivity index (χ1n) is 8.59. The summed E-state index contributed by atoms with van der Waals surface area (Å²) in [6.45, 7) is 4.42. The maximum atomic E-state index is 12.4. The molecule has 3 rings (SSSR count). The fourth-order valence-electron chi connectivity index (χ4n) is 3.74. The summed E-state index contributed by atoms with van der Waals surface area (Å²) in [4.78, 5) is 31.7. The molecule has 2 fully saturated rings. The van der Waals surface area contributed by atoms with Crippen LogP contribution in [0.3, 0.4) is 0 Å². The van der Waals surface area contributed by atoms with E-state index in [1.54, 1.807) is 0 Å². The van der Waals surface area contributed by atoms with Crippen LogP contribution in [-0.4, -0.2) is 40.3 Å². The zero-order valence-corrected chi connectivity index (χ0v) is 14.7. The highest BCUT2D eigenvalue weighted by Crippen LogP contribution is 2.26. The zero-order chi connectivity index (χ0) is 16.4. The molecule has 126 valence electrons. The van der Waals surface area contributed by atoms with E-state index >= 15 is 0 Å². The number of hydrogen-bond acceptors (Lipinski definition) is 4. The van der Waals surface area contributed by atoms with Gasteiger partial charge in [0.05, 0.1) is 16.7 Å². The van der Waals surface area contributed by atoms with E-state index in [1.165, 1.54) is 37.0 Å². The van der Waals surface area contributed by atoms with Gasteiger partial charge < -0.3 is 10.2 Å². The maximum absolute atomic E-state index is 12.4. The van der Waals surface area contributed by atoms with Gasteiger partial charge in [0.15, 0.2) is 0 Å². The van der Waals surface area contributed by atoms with Crippen molar-refractivity contribution in [3.05, 3.63) is 15.6 Å². The Labute approximate surface area is 141 Å². The molecular weight excluding hydrogens is 310 g/mol. The normalized spacial score (nSPS) is 23.1. The van der Waals surface area contributed by atoms with E-state index in [0.29, 0.717) is 23.9 Å². The summed E-state index contributed by atoms with van der Waals surface area (Å²) in [6, 6.07) is 0.305. The molecule has 2 amide bonds. The van der Waals surface area contributed by atoms with Crippen molar-refractivity contribution in [3.8, 4) is 0 Å². The van der Waals surface area contributed by atoms with Gasteiger partial charge in [-0.15, -0.1) is 11.3 Å². The molecule has 1 saturated heterocycles. The molecule has 23 heavy (non-hydrogen) atoms. The Hall–Kier alpha value is -1.43. The molecule has 2 heterocycles. The second-order valence-electron chi connectivity index (χ2n) is 6.71. The van der Waals surface area contributed by atoms with Gasteiger partial charge in [0, 0.05) is 19.0 Å². The Morgan fingerprint density at radius 3 is 2.52 bits per heavy atom. The van der Waals surface area contributed by atoms with Gasteiger partial charge in [0.25, 0.3) is 5.91 Å². The Morgan fingerprint density at radius 2 is 1.91 bits per heavy atom.